The summed E-state index contributed by atoms with van der Waals surface area (Å²) in [6.45, 7) is 2.40. The van der Waals surface area contributed by atoms with Crippen LogP contribution in [-0.4, -0.2) is 10.2 Å². The zero-order chi connectivity index (χ0) is 16.9. The molecule has 3 nitrogen and oxygen atoms in total. The largest absolute Gasteiger partial charge is 0.508 e. The van der Waals surface area contributed by atoms with Gasteiger partial charge in [0.1, 0.15) is 24.2 Å². The van der Waals surface area contributed by atoms with E-state index in [9.17, 15) is 10.2 Å². The van der Waals surface area contributed by atoms with Crippen molar-refractivity contribution in [2.24, 2.45) is 0 Å². The molecule has 3 rings (SSSR count). The van der Waals surface area contributed by atoms with E-state index < -0.39 is 6.10 Å². The molecule has 24 heavy (non-hydrogen) atoms. The van der Waals surface area contributed by atoms with Crippen LogP contribution in [0.15, 0.2) is 72.8 Å². The smallest absolute Gasteiger partial charge is 0.121 e. The first-order chi connectivity index (χ1) is 11.6. The van der Waals surface area contributed by atoms with E-state index in [0.717, 1.165) is 16.9 Å². The van der Waals surface area contributed by atoms with Gasteiger partial charge in [0, 0.05) is 5.56 Å². The van der Waals surface area contributed by atoms with Crippen molar-refractivity contribution in [2.45, 2.75) is 19.6 Å². The predicted molar refractivity (Wildman–Crippen MR) is 94.1 cm³/mol. The normalized spacial score (nSPS) is 11.9. The van der Waals surface area contributed by atoms with Crippen LogP contribution < -0.4 is 4.74 Å². The zero-order valence-electron chi connectivity index (χ0n) is 13.5. The molecule has 0 bridgehead atoms. The summed E-state index contributed by atoms with van der Waals surface area (Å²) in [6.07, 6.45) is -0.867. The van der Waals surface area contributed by atoms with E-state index in [4.69, 9.17) is 4.74 Å². The monoisotopic (exact) mass is 320 g/mol. The van der Waals surface area contributed by atoms with Crippen LogP contribution in [0.2, 0.25) is 0 Å². The van der Waals surface area contributed by atoms with E-state index in [1.807, 2.05) is 67.6 Å². The number of benzene rings is 3. The Morgan fingerprint density at radius 2 is 1.62 bits per heavy atom. The first kappa shape index (κ1) is 16.1. The number of ether oxygens (including phenoxy) is 1. The molecule has 0 spiro atoms. The predicted octanol–water partition coefficient (Wildman–Crippen LogP) is 4.36. The molecule has 3 aromatic carbocycles. The Morgan fingerprint density at radius 1 is 0.917 bits per heavy atom. The Bertz CT molecular complexity index is 795. The van der Waals surface area contributed by atoms with Crippen LogP contribution in [0.5, 0.6) is 11.5 Å². The molecular weight excluding hydrogens is 300 g/mol. The second-order valence-electron chi connectivity index (χ2n) is 5.81. The second kappa shape index (κ2) is 7.20. The minimum Gasteiger partial charge on any atom is -0.508 e. The number of aromatic hydroxyl groups is 1. The summed E-state index contributed by atoms with van der Waals surface area (Å²) in [6, 6.07) is 22.5. The van der Waals surface area contributed by atoms with Gasteiger partial charge in [-0.1, -0.05) is 54.6 Å². The molecular formula is C21H20O3. The molecule has 1 unspecified atom stereocenters. The number of phenolic OH excluding ortho intramolecular Hbond substituents is 1. The molecule has 0 saturated heterocycles. The van der Waals surface area contributed by atoms with Gasteiger partial charge in [-0.25, -0.2) is 0 Å². The highest BCUT2D eigenvalue weighted by molar-refractivity contribution is 5.42. The molecule has 0 aromatic heterocycles. The van der Waals surface area contributed by atoms with Crippen molar-refractivity contribution >= 4 is 0 Å². The van der Waals surface area contributed by atoms with Gasteiger partial charge in [-0.05, 0) is 41.8 Å². The molecule has 0 radical (unpaired) electrons. The molecule has 0 aliphatic heterocycles. The Kier molecular flexibility index (Phi) is 4.82. The molecule has 122 valence electrons. The van der Waals surface area contributed by atoms with Gasteiger partial charge in [-0.2, -0.15) is 0 Å². The van der Waals surface area contributed by atoms with Gasteiger partial charge < -0.3 is 14.9 Å². The van der Waals surface area contributed by atoms with Gasteiger partial charge >= 0.3 is 0 Å². The van der Waals surface area contributed by atoms with Crippen LogP contribution in [0.1, 0.15) is 28.4 Å². The third-order valence-corrected chi connectivity index (χ3v) is 3.92. The maximum absolute atomic E-state index is 10.5. The fourth-order valence-corrected chi connectivity index (χ4v) is 2.55. The molecule has 0 amide bonds. The van der Waals surface area contributed by atoms with Gasteiger partial charge in [0.05, 0.1) is 0 Å². The van der Waals surface area contributed by atoms with Crippen LogP contribution in [0.4, 0.5) is 0 Å². The zero-order valence-corrected chi connectivity index (χ0v) is 13.5. The van der Waals surface area contributed by atoms with E-state index in [1.165, 1.54) is 0 Å². The lowest BCUT2D eigenvalue weighted by atomic mass is 9.99. The number of rotatable bonds is 5. The highest BCUT2D eigenvalue weighted by Crippen LogP contribution is 2.30. The summed E-state index contributed by atoms with van der Waals surface area (Å²) in [7, 11) is 0. The third-order valence-electron chi connectivity index (χ3n) is 3.92. The maximum Gasteiger partial charge on any atom is 0.121 e. The summed E-state index contributed by atoms with van der Waals surface area (Å²) in [4.78, 5) is 0. The summed E-state index contributed by atoms with van der Waals surface area (Å²) < 4.78 is 5.74. The molecule has 0 saturated carbocycles. The quantitative estimate of drug-likeness (QED) is 0.734. The van der Waals surface area contributed by atoms with Crippen LogP contribution in [-0.2, 0) is 6.61 Å². The van der Waals surface area contributed by atoms with Crippen LogP contribution in [0.3, 0.4) is 0 Å². The van der Waals surface area contributed by atoms with Crippen molar-refractivity contribution in [2.75, 3.05) is 0 Å². The Balaban J connectivity index is 1.69. The molecule has 0 aliphatic rings. The number of phenols is 1. The maximum atomic E-state index is 10.5. The number of hydrogen-bond acceptors (Lipinski definition) is 3. The van der Waals surface area contributed by atoms with Crippen LogP contribution >= 0.6 is 0 Å². The fourth-order valence-electron chi connectivity index (χ4n) is 2.55. The van der Waals surface area contributed by atoms with Crippen molar-refractivity contribution in [3.05, 3.63) is 95.1 Å². The van der Waals surface area contributed by atoms with Crippen molar-refractivity contribution in [3.63, 3.8) is 0 Å². The van der Waals surface area contributed by atoms with Gasteiger partial charge in [-0.15, -0.1) is 0 Å². The topological polar surface area (TPSA) is 49.7 Å². The Hall–Kier alpha value is -2.78. The lowest BCUT2D eigenvalue weighted by Crippen LogP contribution is -2.01. The summed E-state index contributed by atoms with van der Waals surface area (Å²) in [5.74, 6) is 0.842. The van der Waals surface area contributed by atoms with E-state index in [2.05, 4.69) is 0 Å². The highest BCUT2D eigenvalue weighted by Gasteiger charge is 2.14. The second-order valence-corrected chi connectivity index (χ2v) is 5.81. The summed E-state index contributed by atoms with van der Waals surface area (Å²) in [5.41, 5.74) is 3.26. The van der Waals surface area contributed by atoms with E-state index in [-0.39, 0.29) is 5.75 Å². The van der Waals surface area contributed by atoms with E-state index in [0.29, 0.717) is 17.7 Å². The Labute approximate surface area is 141 Å². The average Bonchev–Trinajstić information content (AvgIpc) is 2.61. The summed E-state index contributed by atoms with van der Waals surface area (Å²) >= 11 is 0. The van der Waals surface area contributed by atoms with Crippen molar-refractivity contribution in [1.29, 1.82) is 0 Å². The number of aryl methyl sites for hydroxylation is 1. The molecule has 0 fully saturated rings. The molecule has 0 aliphatic carbocycles. The fraction of sp³-hybridized carbons (Fsp3) is 0.143. The number of aliphatic hydroxyl groups excluding tert-OH is 1. The lowest BCUT2D eigenvalue weighted by Gasteiger charge is -2.14. The SMILES string of the molecule is Cc1ccc(C(O)c2ccc(OCc3ccccc3)cc2)c(O)c1. The van der Waals surface area contributed by atoms with E-state index in [1.54, 1.807) is 12.1 Å². The van der Waals surface area contributed by atoms with Crippen molar-refractivity contribution in [3.8, 4) is 11.5 Å². The average molecular weight is 320 g/mol. The molecule has 0 heterocycles. The number of hydrogen-bond donors (Lipinski definition) is 2. The molecule has 3 aromatic rings. The van der Waals surface area contributed by atoms with Crippen LogP contribution in [0.25, 0.3) is 0 Å². The first-order valence-corrected chi connectivity index (χ1v) is 7.88. The van der Waals surface area contributed by atoms with Crippen molar-refractivity contribution in [1.82, 2.24) is 0 Å². The first-order valence-electron chi connectivity index (χ1n) is 7.88. The minimum absolute atomic E-state index is 0.104. The number of aliphatic hydroxyl groups is 1. The molecule has 3 heteroatoms. The van der Waals surface area contributed by atoms with Gasteiger partial charge in [0.25, 0.3) is 0 Å². The summed E-state index contributed by atoms with van der Waals surface area (Å²) in [5, 5.41) is 20.5. The Morgan fingerprint density at radius 3 is 2.29 bits per heavy atom. The van der Waals surface area contributed by atoms with Crippen LogP contribution in [0, 0.1) is 6.92 Å². The van der Waals surface area contributed by atoms with E-state index >= 15 is 0 Å². The minimum atomic E-state index is -0.867. The molecule has 1 atom stereocenters. The van der Waals surface area contributed by atoms with Gasteiger partial charge in [0.2, 0.25) is 0 Å². The molecule has 2 N–H and O–H groups in total. The van der Waals surface area contributed by atoms with Gasteiger partial charge in [-0.3, -0.25) is 0 Å². The van der Waals surface area contributed by atoms with Gasteiger partial charge in [0.15, 0.2) is 0 Å². The standard InChI is InChI=1S/C21H20O3/c1-15-7-12-19(20(22)13-15)21(23)17-8-10-18(11-9-17)24-14-16-5-3-2-4-6-16/h2-13,21-23H,14H2,1H3. The van der Waals surface area contributed by atoms with Crippen molar-refractivity contribution < 1.29 is 14.9 Å². The third kappa shape index (κ3) is 3.76. The highest BCUT2D eigenvalue weighted by atomic mass is 16.5. The lowest BCUT2D eigenvalue weighted by molar-refractivity contribution is 0.215.